The number of anilines is 1. The van der Waals surface area contributed by atoms with Gasteiger partial charge in [-0.05, 0) is 12.1 Å². The highest BCUT2D eigenvalue weighted by Crippen LogP contribution is 2.20. The van der Waals surface area contributed by atoms with E-state index in [0.29, 0.717) is 18.3 Å². The van der Waals surface area contributed by atoms with E-state index >= 15 is 0 Å². The van der Waals surface area contributed by atoms with Crippen LogP contribution in [-0.2, 0) is 0 Å². The number of nitrogens with zero attached hydrogens (tertiary/aromatic N) is 2. The number of aromatic nitrogens is 1. The van der Waals surface area contributed by atoms with Crippen LogP contribution >= 0.6 is 11.3 Å². The topological polar surface area (TPSA) is 54.5 Å². The molecule has 1 saturated heterocycles. The molecule has 2 aromatic rings. The van der Waals surface area contributed by atoms with Gasteiger partial charge in [-0.3, -0.25) is 0 Å². The summed E-state index contributed by atoms with van der Waals surface area (Å²) in [5.41, 5.74) is 0.803. The first-order valence-electron chi connectivity index (χ1n) is 5.98. The molecule has 0 spiro atoms. The van der Waals surface area contributed by atoms with Gasteiger partial charge < -0.3 is 15.0 Å². The van der Waals surface area contributed by atoms with E-state index < -0.39 is 0 Å². The lowest BCUT2D eigenvalue weighted by atomic mass is 10.2. The van der Waals surface area contributed by atoms with E-state index in [4.69, 9.17) is 4.74 Å². The Balaban J connectivity index is 1.47. The van der Waals surface area contributed by atoms with Gasteiger partial charge in [-0.2, -0.15) is 0 Å². The quantitative estimate of drug-likeness (QED) is 0.936. The second kappa shape index (κ2) is 5.27. The molecule has 0 atom stereocenters. The number of carbonyl (C=O) groups is 1. The second-order valence-electron chi connectivity index (χ2n) is 4.24. The molecule has 1 aromatic carbocycles. The molecule has 2 heterocycles. The van der Waals surface area contributed by atoms with Crippen molar-refractivity contribution in [1.82, 2.24) is 9.88 Å². The van der Waals surface area contributed by atoms with Crippen LogP contribution < -0.4 is 10.1 Å². The molecule has 19 heavy (non-hydrogen) atoms. The predicted octanol–water partition coefficient (Wildman–Crippen LogP) is 2.44. The minimum atomic E-state index is -0.0924. The number of rotatable bonds is 3. The summed E-state index contributed by atoms with van der Waals surface area (Å²) in [7, 11) is 0. The first kappa shape index (κ1) is 12.0. The van der Waals surface area contributed by atoms with Crippen molar-refractivity contribution in [2.75, 3.05) is 18.4 Å². The fourth-order valence-electron chi connectivity index (χ4n) is 1.81. The molecule has 0 unspecified atom stereocenters. The number of ether oxygens (including phenoxy) is 1. The van der Waals surface area contributed by atoms with E-state index in [1.807, 2.05) is 35.7 Å². The Kier molecular flexibility index (Phi) is 3.33. The highest BCUT2D eigenvalue weighted by molar-refractivity contribution is 7.11. The maximum atomic E-state index is 11.9. The summed E-state index contributed by atoms with van der Waals surface area (Å²) in [5.74, 6) is 0. The molecule has 1 N–H and O–H groups in total. The van der Waals surface area contributed by atoms with Crippen LogP contribution in [0.2, 0.25) is 0 Å². The van der Waals surface area contributed by atoms with Gasteiger partial charge >= 0.3 is 6.03 Å². The lowest BCUT2D eigenvalue weighted by molar-refractivity contribution is 0.0491. The van der Waals surface area contributed by atoms with Gasteiger partial charge in [0.15, 0.2) is 0 Å². The monoisotopic (exact) mass is 275 g/mol. The molecule has 2 amide bonds. The molecule has 0 bridgehead atoms. The molecule has 1 aromatic heterocycles. The van der Waals surface area contributed by atoms with Crippen LogP contribution in [0.5, 0.6) is 5.19 Å². The third-order valence-electron chi connectivity index (χ3n) is 2.84. The van der Waals surface area contributed by atoms with E-state index in [9.17, 15) is 4.79 Å². The minimum absolute atomic E-state index is 0.0488. The van der Waals surface area contributed by atoms with Crippen LogP contribution in [0.3, 0.4) is 0 Å². The van der Waals surface area contributed by atoms with Gasteiger partial charge in [-0.15, -0.1) is 0 Å². The Bertz CT molecular complexity index is 538. The third-order valence-corrected chi connectivity index (χ3v) is 3.50. The molecule has 1 aliphatic heterocycles. The lowest BCUT2D eigenvalue weighted by Crippen LogP contribution is -2.57. The van der Waals surface area contributed by atoms with E-state index in [0.717, 1.165) is 5.69 Å². The Labute approximate surface area is 114 Å². The largest absolute Gasteiger partial charge is 0.463 e. The molecule has 0 saturated carbocycles. The Morgan fingerprint density at radius 2 is 2.16 bits per heavy atom. The van der Waals surface area contributed by atoms with Gasteiger partial charge in [-0.1, -0.05) is 29.5 Å². The van der Waals surface area contributed by atoms with Gasteiger partial charge in [0, 0.05) is 17.3 Å². The molecule has 1 aliphatic rings. The molecule has 98 valence electrons. The summed E-state index contributed by atoms with van der Waals surface area (Å²) in [6.07, 6.45) is 1.76. The number of carbonyl (C=O) groups excluding carboxylic acids is 1. The van der Waals surface area contributed by atoms with Gasteiger partial charge in [0.25, 0.3) is 5.19 Å². The molecule has 5 nitrogen and oxygen atoms in total. The number of thiazole rings is 1. The van der Waals surface area contributed by atoms with Crippen LogP contribution in [0.4, 0.5) is 10.5 Å². The van der Waals surface area contributed by atoms with E-state index in [-0.39, 0.29) is 12.1 Å². The SMILES string of the molecule is O=C(Nc1ccccc1)N1CC(Oc2nccs2)C1. The first-order valence-corrected chi connectivity index (χ1v) is 6.86. The average Bonchev–Trinajstić information content (AvgIpc) is 2.87. The second-order valence-corrected chi connectivity index (χ2v) is 5.10. The number of amides is 2. The zero-order valence-corrected chi connectivity index (χ0v) is 11.0. The summed E-state index contributed by atoms with van der Waals surface area (Å²) < 4.78 is 5.61. The number of urea groups is 1. The highest BCUT2D eigenvalue weighted by Gasteiger charge is 2.32. The third kappa shape index (κ3) is 2.85. The molecule has 0 aliphatic carbocycles. The van der Waals surface area contributed by atoms with Crippen molar-refractivity contribution in [3.8, 4) is 5.19 Å². The zero-order valence-electron chi connectivity index (χ0n) is 10.2. The smallest absolute Gasteiger partial charge is 0.322 e. The molecular formula is C13H13N3O2S. The van der Waals surface area contributed by atoms with E-state index in [1.54, 1.807) is 11.1 Å². The maximum Gasteiger partial charge on any atom is 0.322 e. The van der Waals surface area contributed by atoms with Crippen LogP contribution in [0.25, 0.3) is 0 Å². The summed E-state index contributed by atoms with van der Waals surface area (Å²) >= 11 is 1.46. The maximum absolute atomic E-state index is 11.9. The Morgan fingerprint density at radius 1 is 1.37 bits per heavy atom. The summed E-state index contributed by atoms with van der Waals surface area (Å²) in [5, 5.41) is 5.37. The lowest BCUT2D eigenvalue weighted by Gasteiger charge is -2.38. The molecule has 0 radical (unpaired) electrons. The van der Waals surface area contributed by atoms with Crippen LogP contribution in [0.1, 0.15) is 0 Å². The number of benzene rings is 1. The van der Waals surface area contributed by atoms with Crippen molar-refractivity contribution >= 4 is 23.1 Å². The van der Waals surface area contributed by atoms with E-state index in [1.165, 1.54) is 11.3 Å². The van der Waals surface area contributed by atoms with Crippen molar-refractivity contribution in [1.29, 1.82) is 0 Å². The number of nitrogens with one attached hydrogen (secondary N) is 1. The summed E-state index contributed by atoms with van der Waals surface area (Å²) in [4.78, 5) is 17.7. The van der Waals surface area contributed by atoms with Gasteiger partial charge in [-0.25, -0.2) is 9.78 Å². The van der Waals surface area contributed by atoms with Gasteiger partial charge in [0.1, 0.15) is 6.10 Å². The summed E-state index contributed by atoms with van der Waals surface area (Å²) in [6, 6.07) is 9.32. The standard InChI is InChI=1S/C13H13N3O2S/c17-12(15-10-4-2-1-3-5-10)16-8-11(9-16)18-13-14-6-7-19-13/h1-7,11H,8-9H2,(H,15,17). The fourth-order valence-corrected chi connectivity index (χ4v) is 2.37. The van der Waals surface area contributed by atoms with Crippen molar-refractivity contribution in [3.63, 3.8) is 0 Å². The number of hydrogen-bond acceptors (Lipinski definition) is 4. The molecular weight excluding hydrogens is 262 g/mol. The van der Waals surface area contributed by atoms with Gasteiger partial charge in [0.2, 0.25) is 0 Å². The minimum Gasteiger partial charge on any atom is -0.463 e. The molecule has 3 rings (SSSR count). The first-order chi connectivity index (χ1) is 9.31. The zero-order chi connectivity index (χ0) is 13.1. The van der Waals surface area contributed by atoms with Crippen molar-refractivity contribution in [3.05, 3.63) is 41.9 Å². The van der Waals surface area contributed by atoms with Crippen LogP contribution in [0.15, 0.2) is 41.9 Å². The highest BCUT2D eigenvalue weighted by atomic mass is 32.1. The summed E-state index contributed by atoms with van der Waals surface area (Å²) in [6.45, 7) is 1.19. The molecule has 1 fully saturated rings. The Hall–Kier alpha value is -2.08. The molecule has 6 heteroatoms. The van der Waals surface area contributed by atoms with E-state index in [2.05, 4.69) is 10.3 Å². The van der Waals surface area contributed by atoms with Crippen LogP contribution in [0, 0.1) is 0 Å². The van der Waals surface area contributed by atoms with Crippen LogP contribution in [-0.4, -0.2) is 35.1 Å². The average molecular weight is 275 g/mol. The van der Waals surface area contributed by atoms with Crippen molar-refractivity contribution in [2.24, 2.45) is 0 Å². The number of likely N-dealkylation sites (tertiary alicyclic amines) is 1. The normalized spacial score (nSPS) is 14.8. The number of para-hydroxylation sites is 1. The van der Waals surface area contributed by atoms with Gasteiger partial charge in [0.05, 0.1) is 13.1 Å². The van der Waals surface area contributed by atoms with Crippen molar-refractivity contribution in [2.45, 2.75) is 6.10 Å². The Morgan fingerprint density at radius 3 is 2.84 bits per heavy atom. The van der Waals surface area contributed by atoms with Crippen molar-refractivity contribution < 1.29 is 9.53 Å². The number of hydrogen-bond donors (Lipinski definition) is 1. The fraction of sp³-hybridized carbons (Fsp3) is 0.231. The predicted molar refractivity (Wildman–Crippen MR) is 73.6 cm³/mol.